The number of nitrogens with zero attached hydrogens (tertiary/aromatic N) is 4. The summed E-state index contributed by atoms with van der Waals surface area (Å²) in [7, 11) is 1.53. The van der Waals surface area contributed by atoms with Crippen LogP contribution < -0.4 is 10.1 Å². The number of hydrogen-bond acceptors (Lipinski definition) is 6. The first kappa shape index (κ1) is 17.2. The van der Waals surface area contributed by atoms with Crippen molar-refractivity contribution in [3.63, 3.8) is 0 Å². The summed E-state index contributed by atoms with van der Waals surface area (Å²) in [5, 5.41) is 15.3. The Balaban J connectivity index is 1.62. The summed E-state index contributed by atoms with van der Waals surface area (Å²) in [6.07, 6.45) is 0. The molecule has 0 fully saturated rings. The minimum Gasteiger partial charge on any atom is -0.495 e. The molecule has 0 aliphatic rings. The van der Waals surface area contributed by atoms with Crippen molar-refractivity contribution in [2.45, 2.75) is 5.16 Å². The number of tetrazole rings is 1. The Hall–Kier alpha value is -2.58. The van der Waals surface area contributed by atoms with Gasteiger partial charge in [0.05, 0.1) is 23.6 Å². The van der Waals surface area contributed by atoms with Crippen molar-refractivity contribution in [2.75, 3.05) is 18.2 Å². The van der Waals surface area contributed by atoms with Gasteiger partial charge in [0.2, 0.25) is 11.1 Å². The lowest BCUT2D eigenvalue weighted by Crippen LogP contribution is -2.14. The highest BCUT2D eigenvalue weighted by atomic mass is 35.5. The molecule has 7 nitrogen and oxygen atoms in total. The van der Waals surface area contributed by atoms with Crippen LogP contribution in [0.2, 0.25) is 5.02 Å². The van der Waals surface area contributed by atoms with Gasteiger partial charge in [0, 0.05) is 5.69 Å². The van der Waals surface area contributed by atoms with E-state index in [4.69, 9.17) is 16.3 Å². The molecule has 9 heteroatoms. The van der Waals surface area contributed by atoms with E-state index < -0.39 is 0 Å². The van der Waals surface area contributed by atoms with Crippen molar-refractivity contribution >= 4 is 35.0 Å². The SMILES string of the molecule is COc1ccc(NC(=O)CSc2nnnn2-c2ccccc2)cc1Cl. The number of halogens is 1. The van der Waals surface area contributed by atoms with Crippen LogP contribution in [0.4, 0.5) is 5.69 Å². The summed E-state index contributed by atoms with van der Waals surface area (Å²) in [5.41, 5.74) is 1.43. The highest BCUT2D eigenvalue weighted by Gasteiger charge is 2.12. The average molecular weight is 376 g/mol. The summed E-state index contributed by atoms with van der Waals surface area (Å²) in [6.45, 7) is 0. The maximum atomic E-state index is 12.1. The van der Waals surface area contributed by atoms with Gasteiger partial charge in [-0.1, -0.05) is 41.6 Å². The second kappa shape index (κ2) is 8.00. The molecule has 3 rings (SSSR count). The van der Waals surface area contributed by atoms with Crippen LogP contribution in [-0.2, 0) is 4.79 Å². The van der Waals surface area contributed by atoms with Crippen LogP contribution in [0.1, 0.15) is 0 Å². The molecule has 1 amide bonds. The maximum Gasteiger partial charge on any atom is 0.234 e. The number of carbonyl (C=O) groups excluding carboxylic acids is 1. The molecule has 0 spiro atoms. The standard InChI is InChI=1S/C16H14ClN5O2S/c1-24-14-8-7-11(9-13(14)17)18-15(23)10-25-16-19-20-21-22(16)12-5-3-2-4-6-12/h2-9H,10H2,1H3,(H,18,23). The zero-order valence-corrected chi connectivity index (χ0v) is 14.8. The number of carbonyl (C=O) groups is 1. The van der Waals surface area contributed by atoms with Crippen LogP contribution in [0.3, 0.4) is 0 Å². The predicted molar refractivity (Wildman–Crippen MR) is 96.5 cm³/mol. The number of methoxy groups -OCH3 is 1. The lowest BCUT2D eigenvalue weighted by molar-refractivity contribution is -0.113. The summed E-state index contributed by atoms with van der Waals surface area (Å²) in [5.74, 6) is 0.529. The van der Waals surface area contributed by atoms with E-state index in [0.29, 0.717) is 21.6 Å². The largest absolute Gasteiger partial charge is 0.495 e. The van der Waals surface area contributed by atoms with Crippen molar-refractivity contribution < 1.29 is 9.53 Å². The van der Waals surface area contributed by atoms with E-state index in [9.17, 15) is 4.79 Å². The first-order chi connectivity index (χ1) is 12.2. The number of thioether (sulfide) groups is 1. The number of aromatic nitrogens is 4. The molecule has 1 aromatic heterocycles. The summed E-state index contributed by atoms with van der Waals surface area (Å²) >= 11 is 7.29. The topological polar surface area (TPSA) is 81.9 Å². The number of benzene rings is 2. The molecule has 1 N–H and O–H groups in total. The van der Waals surface area contributed by atoms with Crippen LogP contribution in [-0.4, -0.2) is 39.0 Å². The molecular weight excluding hydrogens is 362 g/mol. The minimum absolute atomic E-state index is 0.164. The van der Waals surface area contributed by atoms with Crippen LogP contribution >= 0.6 is 23.4 Å². The first-order valence-electron chi connectivity index (χ1n) is 7.27. The monoisotopic (exact) mass is 375 g/mol. The molecule has 3 aromatic rings. The zero-order valence-electron chi connectivity index (χ0n) is 13.2. The van der Waals surface area contributed by atoms with Gasteiger partial charge in [-0.25, -0.2) is 0 Å². The Morgan fingerprint density at radius 3 is 2.80 bits per heavy atom. The van der Waals surface area contributed by atoms with E-state index in [1.54, 1.807) is 22.9 Å². The summed E-state index contributed by atoms with van der Waals surface area (Å²) < 4.78 is 6.67. The number of hydrogen-bond donors (Lipinski definition) is 1. The highest BCUT2D eigenvalue weighted by molar-refractivity contribution is 7.99. The third-order valence-electron chi connectivity index (χ3n) is 3.21. The molecule has 0 bridgehead atoms. The van der Waals surface area contributed by atoms with Crippen molar-refractivity contribution in [2.24, 2.45) is 0 Å². The number of rotatable bonds is 6. The summed E-state index contributed by atoms with van der Waals surface area (Å²) in [6, 6.07) is 14.5. The van der Waals surface area contributed by atoms with E-state index in [-0.39, 0.29) is 11.7 Å². The molecule has 1 heterocycles. The molecule has 128 valence electrons. The molecule has 0 saturated carbocycles. The van der Waals surface area contributed by atoms with E-state index >= 15 is 0 Å². The van der Waals surface area contributed by atoms with Crippen LogP contribution in [0.15, 0.2) is 53.7 Å². The smallest absolute Gasteiger partial charge is 0.234 e. The molecule has 0 radical (unpaired) electrons. The van der Waals surface area contributed by atoms with Crippen LogP contribution in [0.25, 0.3) is 5.69 Å². The van der Waals surface area contributed by atoms with Gasteiger partial charge in [-0.2, -0.15) is 4.68 Å². The fourth-order valence-electron chi connectivity index (χ4n) is 2.07. The number of anilines is 1. The normalized spacial score (nSPS) is 10.5. The highest BCUT2D eigenvalue weighted by Crippen LogP contribution is 2.27. The predicted octanol–water partition coefficient (Wildman–Crippen LogP) is 3.06. The van der Waals surface area contributed by atoms with Gasteiger partial charge < -0.3 is 10.1 Å². The third kappa shape index (κ3) is 4.28. The second-order valence-electron chi connectivity index (χ2n) is 4.89. The number of para-hydroxylation sites is 1. The number of ether oxygens (including phenoxy) is 1. The molecular formula is C16H14ClN5O2S. The second-order valence-corrected chi connectivity index (χ2v) is 6.24. The Morgan fingerprint density at radius 1 is 1.28 bits per heavy atom. The van der Waals surface area contributed by atoms with Crippen LogP contribution in [0, 0.1) is 0 Å². The van der Waals surface area contributed by atoms with Gasteiger partial charge in [0.1, 0.15) is 5.75 Å². The lowest BCUT2D eigenvalue weighted by Gasteiger charge is -2.08. The molecule has 2 aromatic carbocycles. The number of amides is 1. The molecule has 25 heavy (non-hydrogen) atoms. The molecule has 0 saturated heterocycles. The molecule has 0 atom stereocenters. The van der Waals surface area contributed by atoms with Crippen molar-refractivity contribution in [3.05, 3.63) is 53.6 Å². The molecule has 0 unspecified atom stereocenters. The summed E-state index contributed by atoms with van der Waals surface area (Å²) in [4.78, 5) is 12.1. The van der Waals surface area contributed by atoms with E-state index in [0.717, 1.165) is 5.69 Å². The van der Waals surface area contributed by atoms with Gasteiger partial charge in [-0.15, -0.1) is 5.10 Å². The van der Waals surface area contributed by atoms with Gasteiger partial charge in [0.25, 0.3) is 0 Å². The van der Waals surface area contributed by atoms with Crippen molar-refractivity contribution in [3.8, 4) is 11.4 Å². The fourth-order valence-corrected chi connectivity index (χ4v) is 3.02. The van der Waals surface area contributed by atoms with E-state index in [2.05, 4.69) is 20.8 Å². The Bertz CT molecular complexity index is 872. The van der Waals surface area contributed by atoms with Gasteiger partial charge in [-0.05, 0) is 40.8 Å². The van der Waals surface area contributed by atoms with Gasteiger partial charge >= 0.3 is 0 Å². The third-order valence-corrected chi connectivity index (χ3v) is 4.42. The van der Waals surface area contributed by atoms with Crippen molar-refractivity contribution in [1.29, 1.82) is 0 Å². The Morgan fingerprint density at radius 2 is 2.08 bits per heavy atom. The van der Waals surface area contributed by atoms with E-state index in [1.165, 1.54) is 18.9 Å². The van der Waals surface area contributed by atoms with Crippen molar-refractivity contribution in [1.82, 2.24) is 20.2 Å². The molecule has 0 aliphatic heterocycles. The molecule has 0 aliphatic carbocycles. The quantitative estimate of drug-likeness (QED) is 0.667. The average Bonchev–Trinajstić information content (AvgIpc) is 3.09. The minimum atomic E-state index is -0.186. The fraction of sp³-hybridized carbons (Fsp3) is 0.125. The lowest BCUT2D eigenvalue weighted by atomic mass is 10.3. The van der Waals surface area contributed by atoms with Gasteiger partial charge in [0.15, 0.2) is 0 Å². The van der Waals surface area contributed by atoms with E-state index in [1.807, 2.05) is 30.3 Å². The Labute approximate surface area is 153 Å². The maximum absolute atomic E-state index is 12.1. The first-order valence-corrected chi connectivity index (χ1v) is 8.63. The van der Waals surface area contributed by atoms with Crippen LogP contribution in [0.5, 0.6) is 5.75 Å². The van der Waals surface area contributed by atoms with Gasteiger partial charge in [-0.3, -0.25) is 4.79 Å². The Kier molecular flexibility index (Phi) is 5.52. The number of nitrogens with one attached hydrogen (secondary N) is 1. The zero-order chi connectivity index (χ0) is 17.6.